The van der Waals surface area contributed by atoms with Gasteiger partial charge in [0.2, 0.25) is 0 Å². The number of aldehydes is 1. The summed E-state index contributed by atoms with van der Waals surface area (Å²) in [6.07, 6.45) is 2.30. The molecule has 2 aromatic rings. The Morgan fingerprint density at radius 3 is 2.64 bits per heavy atom. The zero-order chi connectivity index (χ0) is 9.97. The molecule has 0 N–H and O–H groups in total. The van der Waals surface area contributed by atoms with Crippen molar-refractivity contribution in [3.63, 3.8) is 0 Å². The number of carbonyl (C=O) groups excluding carboxylic acids is 1. The third kappa shape index (κ3) is 1.57. The van der Waals surface area contributed by atoms with Gasteiger partial charge in [0.15, 0.2) is 12.0 Å². The topological polar surface area (TPSA) is 43.1 Å². The first kappa shape index (κ1) is 8.69. The van der Waals surface area contributed by atoms with E-state index in [-0.39, 0.29) is 0 Å². The maximum absolute atomic E-state index is 10.4. The van der Waals surface area contributed by atoms with Gasteiger partial charge in [0, 0.05) is 11.8 Å². The summed E-state index contributed by atoms with van der Waals surface area (Å²) in [6.45, 7) is 1.88. The van der Waals surface area contributed by atoms with Crippen LogP contribution in [0, 0.1) is 6.92 Å². The Balaban J connectivity index is 2.38. The third-order valence-electron chi connectivity index (χ3n) is 1.92. The highest BCUT2D eigenvalue weighted by atomic mass is 16.3. The lowest BCUT2D eigenvalue weighted by molar-refractivity contribution is 0.112. The van der Waals surface area contributed by atoms with Gasteiger partial charge in [-0.3, -0.25) is 9.78 Å². The van der Waals surface area contributed by atoms with Gasteiger partial charge in [0.1, 0.15) is 11.5 Å². The number of furan rings is 1. The number of carbonyl (C=O) groups is 1. The van der Waals surface area contributed by atoms with E-state index in [0.717, 1.165) is 23.5 Å². The van der Waals surface area contributed by atoms with Gasteiger partial charge in [-0.05, 0) is 31.2 Å². The third-order valence-corrected chi connectivity index (χ3v) is 1.92. The van der Waals surface area contributed by atoms with Crippen LogP contribution in [0.15, 0.2) is 34.9 Å². The van der Waals surface area contributed by atoms with Crippen LogP contribution in [0.5, 0.6) is 0 Å². The summed E-state index contributed by atoms with van der Waals surface area (Å²) in [4.78, 5) is 14.5. The van der Waals surface area contributed by atoms with Crippen molar-refractivity contribution in [2.45, 2.75) is 6.92 Å². The van der Waals surface area contributed by atoms with Crippen molar-refractivity contribution >= 4 is 6.29 Å². The van der Waals surface area contributed by atoms with E-state index in [2.05, 4.69) is 4.98 Å². The normalized spacial score (nSPS) is 10.1. The van der Waals surface area contributed by atoms with Crippen LogP contribution < -0.4 is 0 Å². The monoisotopic (exact) mass is 187 g/mol. The number of nitrogens with zero attached hydrogens (tertiary/aromatic N) is 1. The molecule has 0 aliphatic carbocycles. The van der Waals surface area contributed by atoms with Gasteiger partial charge >= 0.3 is 0 Å². The number of aryl methyl sites for hydroxylation is 1. The van der Waals surface area contributed by atoms with E-state index < -0.39 is 0 Å². The van der Waals surface area contributed by atoms with Crippen molar-refractivity contribution in [2.24, 2.45) is 0 Å². The molecule has 2 aromatic heterocycles. The SMILES string of the molecule is Cc1ccc(-c2ccc(C=O)cn2)o1. The van der Waals surface area contributed by atoms with Gasteiger partial charge < -0.3 is 4.42 Å². The highest BCUT2D eigenvalue weighted by molar-refractivity contribution is 5.74. The molecule has 0 fully saturated rings. The maximum atomic E-state index is 10.4. The van der Waals surface area contributed by atoms with Crippen LogP contribution in [0.25, 0.3) is 11.5 Å². The molecule has 0 saturated heterocycles. The second kappa shape index (κ2) is 3.46. The van der Waals surface area contributed by atoms with Gasteiger partial charge in [-0.2, -0.15) is 0 Å². The summed E-state index contributed by atoms with van der Waals surface area (Å²) in [6, 6.07) is 7.22. The summed E-state index contributed by atoms with van der Waals surface area (Å²) in [5, 5.41) is 0. The van der Waals surface area contributed by atoms with Gasteiger partial charge in [-0.25, -0.2) is 0 Å². The van der Waals surface area contributed by atoms with Crippen LogP contribution >= 0.6 is 0 Å². The Kier molecular flexibility index (Phi) is 2.14. The summed E-state index contributed by atoms with van der Waals surface area (Å²) < 4.78 is 5.39. The minimum absolute atomic E-state index is 0.567. The number of pyridine rings is 1. The molecular weight excluding hydrogens is 178 g/mol. The minimum atomic E-state index is 0.567. The summed E-state index contributed by atoms with van der Waals surface area (Å²) in [7, 11) is 0. The molecule has 3 nitrogen and oxygen atoms in total. The molecule has 0 spiro atoms. The van der Waals surface area contributed by atoms with Crippen LogP contribution in [-0.2, 0) is 0 Å². The van der Waals surface area contributed by atoms with Crippen molar-refractivity contribution in [3.8, 4) is 11.5 Å². The van der Waals surface area contributed by atoms with E-state index in [1.807, 2.05) is 19.1 Å². The fraction of sp³-hybridized carbons (Fsp3) is 0.0909. The quantitative estimate of drug-likeness (QED) is 0.678. The van der Waals surface area contributed by atoms with Crippen LogP contribution in [0.1, 0.15) is 16.1 Å². The summed E-state index contributed by atoms with van der Waals surface area (Å²) >= 11 is 0. The van der Waals surface area contributed by atoms with Crippen molar-refractivity contribution in [1.82, 2.24) is 4.98 Å². The first-order chi connectivity index (χ1) is 6.79. The lowest BCUT2D eigenvalue weighted by Crippen LogP contribution is -1.84. The van der Waals surface area contributed by atoms with E-state index in [9.17, 15) is 4.79 Å². The molecule has 0 aliphatic rings. The summed E-state index contributed by atoms with van der Waals surface area (Å²) in [5.41, 5.74) is 1.31. The first-order valence-electron chi connectivity index (χ1n) is 4.27. The van der Waals surface area contributed by atoms with E-state index in [4.69, 9.17) is 4.42 Å². The Bertz CT molecular complexity index is 443. The van der Waals surface area contributed by atoms with Crippen LogP contribution in [0.3, 0.4) is 0 Å². The predicted octanol–water partition coefficient (Wildman–Crippen LogP) is 2.46. The molecule has 14 heavy (non-hydrogen) atoms. The molecule has 70 valence electrons. The van der Waals surface area contributed by atoms with Crippen molar-refractivity contribution < 1.29 is 9.21 Å². The zero-order valence-electron chi connectivity index (χ0n) is 7.73. The molecule has 2 heterocycles. The van der Waals surface area contributed by atoms with Gasteiger partial charge in [-0.1, -0.05) is 0 Å². The fourth-order valence-corrected chi connectivity index (χ4v) is 1.19. The lowest BCUT2D eigenvalue weighted by atomic mass is 10.2. The Hall–Kier alpha value is -1.90. The number of hydrogen-bond donors (Lipinski definition) is 0. The van der Waals surface area contributed by atoms with Gasteiger partial charge in [-0.15, -0.1) is 0 Å². The molecule has 0 atom stereocenters. The minimum Gasteiger partial charge on any atom is -0.460 e. The van der Waals surface area contributed by atoms with Gasteiger partial charge in [0.25, 0.3) is 0 Å². The average molecular weight is 187 g/mol. The number of rotatable bonds is 2. The predicted molar refractivity (Wildman–Crippen MR) is 52.1 cm³/mol. The van der Waals surface area contributed by atoms with E-state index in [1.165, 1.54) is 6.20 Å². The van der Waals surface area contributed by atoms with E-state index in [0.29, 0.717) is 5.56 Å². The van der Waals surface area contributed by atoms with Gasteiger partial charge in [0.05, 0.1) is 0 Å². The average Bonchev–Trinajstić information content (AvgIpc) is 2.65. The van der Waals surface area contributed by atoms with Crippen LogP contribution in [-0.4, -0.2) is 11.3 Å². The smallest absolute Gasteiger partial charge is 0.152 e. The molecule has 0 amide bonds. The zero-order valence-corrected chi connectivity index (χ0v) is 7.73. The fourth-order valence-electron chi connectivity index (χ4n) is 1.19. The number of aromatic nitrogens is 1. The van der Waals surface area contributed by atoms with Crippen LogP contribution in [0.4, 0.5) is 0 Å². The molecule has 0 aliphatic heterocycles. The van der Waals surface area contributed by atoms with Crippen molar-refractivity contribution in [3.05, 3.63) is 41.8 Å². The van der Waals surface area contributed by atoms with Crippen LogP contribution in [0.2, 0.25) is 0 Å². The molecule has 0 aromatic carbocycles. The Labute approximate surface area is 81.4 Å². The molecule has 3 heteroatoms. The second-order valence-electron chi connectivity index (χ2n) is 3.00. The Morgan fingerprint density at radius 2 is 2.14 bits per heavy atom. The van der Waals surface area contributed by atoms with Crippen molar-refractivity contribution in [2.75, 3.05) is 0 Å². The molecular formula is C11H9NO2. The van der Waals surface area contributed by atoms with E-state index in [1.54, 1.807) is 12.1 Å². The largest absolute Gasteiger partial charge is 0.460 e. The first-order valence-corrected chi connectivity index (χ1v) is 4.27. The highest BCUT2D eigenvalue weighted by Crippen LogP contribution is 2.19. The molecule has 2 rings (SSSR count). The lowest BCUT2D eigenvalue weighted by Gasteiger charge is -1.95. The highest BCUT2D eigenvalue weighted by Gasteiger charge is 2.03. The Morgan fingerprint density at radius 1 is 1.29 bits per heavy atom. The molecule has 0 bridgehead atoms. The summed E-state index contributed by atoms with van der Waals surface area (Å²) in [5.74, 6) is 1.57. The maximum Gasteiger partial charge on any atom is 0.152 e. The van der Waals surface area contributed by atoms with E-state index >= 15 is 0 Å². The number of hydrogen-bond acceptors (Lipinski definition) is 3. The standard InChI is InChI=1S/C11H9NO2/c1-8-2-5-11(14-8)10-4-3-9(7-13)6-12-10/h2-7H,1H3. The van der Waals surface area contributed by atoms with Crippen molar-refractivity contribution in [1.29, 1.82) is 0 Å². The molecule has 0 saturated carbocycles. The molecule has 0 radical (unpaired) electrons. The molecule has 0 unspecified atom stereocenters. The second-order valence-corrected chi connectivity index (χ2v) is 3.00.